The van der Waals surface area contributed by atoms with Gasteiger partial charge in [0, 0.05) is 77.7 Å². The van der Waals surface area contributed by atoms with Crippen LogP contribution >= 0.6 is 0 Å². The first-order valence-electron chi connectivity index (χ1n) is 40.0. The van der Waals surface area contributed by atoms with Crippen molar-refractivity contribution in [1.29, 1.82) is 0 Å². The van der Waals surface area contributed by atoms with E-state index in [1.54, 1.807) is 94.1 Å². The number of urea groups is 1. The molecule has 0 aliphatic carbocycles. The van der Waals surface area contributed by atoms with Crippen molar-refractivity contribution >= 4 is 71.3 Å². The van der Waals surface area contributed by atoms with Gasteiger partial charge in [0.1, 0.15) is 36.9 Å². The molecule has 3 aromatic rings. The van der Waals surface area contributed by atoms with Crippen LogP contribution in [0.25, 0.3) is 0 Å². The minimum absolute atomic E-state index is 0.0169. The van der Waals surface area contributed by atoms with Crippen LogP contribution in [0.3, 0.4) is 0 Å². The molecule has 115 heavy (non-hydrogen) atoms. The number of primary amides is 1. The summed E-state index contributed by atoms with van der Waals surface area (Å²) >= 11 is 0. The molecule has 3 unspecified atom stereocenters. The Kier molecular flexibility index (Phi) is 45.1. The number of aliphatic carboxylic acids is 1. The molecular weight excluding hydrogens is 1480 g/mol. The lowest BCUT2D eigenvalue weighted by molar-refractivity contribution is -0.145. The van der Waals surface area contributed by atoms with Gasteiger partial charge in [0.25, 0.3) is 5.91 Å². The van der Waals surface area contributed by atoms with Crippen LogP contribution in [-0.2, 0) is 70.4 Å². The zero-order chi connectivity index (χ0) is 86.3. The van der Waals surface area contributed by atoms with Gasteiger partial charge in [-0.2, -0.15) is 0 Å². The molecule has 0 heterocycles. The number of nitrogens with zero attached hydrogens (tertiary/aromatic N) is 4. The van der Waals surface area contributed by atoms with Crippen molar-refractivity contribution in [3.05, 3.63) is 95.1 Å². The number of hydrogen-bond acceptors (Lipinski definition) is 22. The number of ether oxygens (including phenoxy) is 3. The Morgan fingerprint density at radius 3 is 1.85 bits per heavy atom. The van der Waals surface area contributed by atoms with Gasteiger partial charge in [0.05, 0.1) is 67.1 Å². The number of carboxylic acid groups (broad SMARTS) is 1. The molecule has 0 aliphatic rings. The molecule has 33 nitrogen and oxygen atoms in total. The van der Waals surface area contributed by atoms with Gasteiger partial charge in [-0.15, -0.1) is 0 Å². The highest BCUT2D eigenvalue weighted by molar-refractivity contribution is 5.98. The second-order valence-corrected chi connectivity index (χ2v) is 30.9. The lowest BCUT2D eigenvalue weighted by Crippen LogP contribution is -2.61. The Balaban J connectivity index is 1.74. The van der Waals surface area contributed by atoms with Crippen molar-refractivity contribution in [3.63, 3.8) is 0 Å². The third kappa shape index (κ3) is 34.3. The number of aryl methyl sites for hydroxylation is 1. The fourth-order valence-corrected chi connectivity index (χ4v) is 13.3. The van der Waals surface area contributed by atoms with E-state index in [0.717, 1.165) is 12.6 Å². The smallest absolute Gasteiger partial charge is 0.410 e. The molecule has 0 radical (unpaired) electrons. The van der Waals surface area contributed by atoms with Gasteiger partial charge < -0.3 is 102 Å². The first kappa shape index (κ1) is 100. The summed E-state index contributed by atoms with van der Waals surface area (Å²) in [5.41, 5.74) is 7.61. The molecule has 16 N–H and O–H groups in total. The van der Waals surface area contributed by atoms with Crippen LogP contribution in [0.15, 0.2) is 78.0 Å². The van der Waals surface area contributed by atoms with Gasteiger partial charge >= 0.3 is 18.1 Å². The highest BCUT2D eigenvalue weighted by atomic mass is 16.6. The number of anilines is 1. The van der Waals surface area contributed by atoms with Crippen LogP contribution in [0.2, 0.25) is 0 Å². The highest BCUT2D eigenvalue weighted by Crippen LogP contribution is 2.25. The number of oxime groups is 1. The number of phenolic OH excluding ortho intramolecular Hbond substituents is 1. The first-order chi connectivity index (χ1) is 54.3. The number of amides is 10. The number of rotatable bonds is 54. The highest BCUT2D eigenvalue weighted by Gasteiger charge is 2.40. The van der Waals surface area contributed by atoms with Crippen molar-refractivity contribution < 1.29 is 92.5 Å². The number of carbonyl (C=O) groups excluding carboxylic acids is 9. The lowest BCUT2D eigenvalue weighted by Gasteiger charge is -2.40. The van der Waals surface area contributed by atoms with Crippen LogP contribution in [-0.4, -0.2) is 247 Å². The third-order valence-corrected chi connectivity index (χ3v) is 20.4. The fourth-order valence-electron chi connectivity index (χ4n) is 13.3. The Morgan fingerprint density at radius 1 is 0.643 bits per heavy atom. The Bertz CT molecular complexity index is 3520. The summed E-state index contributed by atoms with van der Waals surface area (Å²) in [5, 5.41) is 83.5. The second kappa shape index (κ2) is 51.8. The SMILES string of the molecule is CCCCN(C[C@H](OC)[C@@H](C)C(=O)N[C@H](C)[C@@H](O)c1ccccc1)C(=O)C[C@@H](OC)[C@H](CCC)N(C)C(=O)[C@@H](NC(O)[C@H](C(C)C)N(C)C(=O)OCc1ccc(NC(=O)[C@H](CCCNC(N)=O)NC(=O)[C@@H](NC(O)CC[C@H](NC(=O)CO/N=C/c2cc(CCC(=O)O)ccc2O)C(=O)N[C@@H](C(C)C)C(C)NC)C(C)C)cc1)C(C)C. The van der Waals surface area contributed by atoms with Crippen LogP contribution < -0.4 is 53.6 Å². The first-order valence-corrected chi connectivity index (χ1v) is 40.0. The Hall–Kier alpha value is -9.09. The summed E-state index contributed by atoms with van der Waals surface area (Å²) in [5.74, 6) is -6.81. The molecular formula is C82H134N14O19. The molecule has 0 bridgehead atoms. The fraction of sp³-hybridized carbons (Fsp3) is 0.646. The molecule has 646 valence electrons. The number of nitrogens with one attached hydrogen (secondary N) is 9. The van der Waals surface area contributed by atoms with E-state index in [4.69, 9.17) is 29.9 Å². The van der Waals surface area contributed by atoms with Crippen LogP contribution in [0.4, 0.5) is 15.3 Å². The van der Waals surface area contributed by atoms with Gasteiger partial charge in [0.2, 0.25) is 35.4 Å². The van der Waals surface area contributed by atoms with Crippen LogP contribution in [0, 0.1) is 29.6 Å². The largest absolute Gasteiger partial charge is 0.507 e. The number of likely N-dealkylation sites (N-methyl/N-ethyl adjacent to an activating group) is 3. The third-order valence-electron chi connectivity index (χ3n) is 20.4. The number of unbranched alkanes of at least 4 members (excludes halogenated alkanes) is 1. The summed E-state index contributed by atoms with van der Waals surface area (Å²) in [7, 11) is 7.84. The number of hydrogen-bond donors (Lipinski definition) is 15. The predicted octanol–water partition coefficient (Wildman–Crippen LogP) is 5.35. The van der Waals surface area contributed by atoms with Crippen molar-refractivity contribution in [3.8, 4) is 5.75 Å². The number of methoxy groups -OCH3 is 2. The molecule has 0 fully saturated rings. The quantitative estimate of drug-likeness (QED) is 0.0146. The lowest BCUT2D eigenvalue weighted by atomic mass is 9.95. The van der Waals surface area contributed by atoms with Crippen molar-refractivity contribution in [2.45, 2.75) is 252 Å². The molecule has 0 saturated carbocycles. The van der Waals surface area contributed by atoms with E-state index < -0.39 is 133 Å². The van der Waals surface area contributed by atoms with E-state index >= 15 is 0 Å². The van der Waals surface area contributed by atoms with Gasteiger partial charge in [0.15, 0.2) is 6.61 Å². The number of carbonyl (C=O) groups is 10. The minimum Gasteiger partial charge on any atom is -0.507 e. The van der Waals surface area contributed by atoms with E-state index in [0.29, 0.717) is 48.2 Å². The molecule has 0 aromatic heterocycles. The predicted molar refractivity (Wildman–Crippen MR) is 437 cm³/mol. The maximum atomic E-state index is 14.8. The van der Waals surface area contributed by atoms with Crippen molar-refractivity contribution in [2.75, 3.05) is 66.9 Å². The normalized spacial score (nSPS) is 15.6. The molecule has 33 heteroatoms. The average Bonchev–Trinajstić information content (AvgIpc) is 0.822. The maximum absolute atomic E-state index is 14.8. The van der Waals surface area contributed by atoms with Crippen LogP contribution in [0.5, 0.6) is 5.75 Å². The Labute approximate surface area is 678 Å². The number of benzene rings is 3. The summed E-state index contributed by atoms with van der Waals surface area (Å²) in [6.07, 6.45) is -2.57. The number of aliphatic hydroxyl groups excluding tert-OH is 3. The summed E-state index contributed by atoms with van der Waals surface area (Å²) in [4.78, 5) is 145. The van der Waals surface area contributed by atoms with E-state index in [1.165, 1.54) is 38.3 Å². The second-order valence-electron chi connectivity index (χ2n) is 30.9. The standard InChI is InChI=1S/C82H134N14O19/c1-19-21-41-96(45-65(113-18)52(11)75(104)87-54(13)74(103)57-27-23-22-24-28-57)68(100)43-64(112-17)62(26-20-2)94(15)80(109)72(50(7)8)93-79(108)73(51(9)10)95(16)82(111)114-46-56-30-34-59(35-31-56)88-76(105)60(29-25-40-85-81(83)110)90-78(107)71(49(5)6)91-66(98)38-36-61(77(106)92-70(48(3)4)53(12)84-14)89-67(99)47-115-86-44-58-42-55(32-37-63(58)97)33-39-69(101)102/h22-24,27-28,30-32,34-35,37,42,44,48-54,60-62,64-66,70-74,79,84,91,93,97-98,103,108H,19-21,25-26,29,33,36,38-41,43,45-47H2,1-18H3,(H,87,104)(H,88,105)(H,89,99)(H,90,107)(H,92,106)(H,101,102)(H3,83,85,110)/b86-44+/t52-,53?,54-,60+,61+,62+,64-,65+,66?,70+,71+,72+,73+,74-,79?/m1/s1. The molecule has 3 rings (SSSR count). The van der Waals surface area contributed by atoms with Gasteiger partial charge in [-0.3, -0.25) is 49.0 Å². The minimum atomic E-state index is -1.45. The Morgan fingerprint density at radius 2 is 1.28 bits per heavy atom. The molecule has 3 aromatic carbocycles. The average molecular weight is 1620 g/mol. The molecule has 10 amide bonds. The number of aliphatic hydroxyl groups is 3. The monoisotopic (exact) mass is 1620 g/mol. The zero-order valence-corrected chi connectivity index (χ0v) is 70.6. The molecule has 15 atom stereocenters. The maximum Gasteiger partial charge on any atom is 0.410 e. The number of nitrogens with two attached hydrogens (primary N) is 1. The number of carboxylic acids is 1. The van der Waals surface area contributed by atoms with E-state index in [9.17, 15) is 68.4 Å². The van der Waals surface area contributed by atoms with Crippen LogP contribution in [0.1, 0.15) is 183 Å². The molecule has 0 spiro atoms. The number of phenols is 1. The number of aromatic hydroxyl groups is 1. The van der Waals surface area contributed by atoms with Crippen molar-refractivity contribution in [1.82, 2.24) is 57.2 Å². The molecule has 0 aliphatic heterocycles. The topological polar surface area (TPSA) is 465 Å². The van der Waals surface area contributed by atoms with Gasteiger partial charge in [-0.25, -0.2) is 9.59 Å². The van der Waals surface area contributed by atoms with Gasteiger partial charge in [-0.1, -0.05) is 143 Å². The summed E-state index contributed by atoms with van der Waals surface area (Å²) in [6.45, 7) is 23.5. The zero-order valence-electron chi connectivity index (χ0n) is 70.6. The van der Waals surface area contributed by atoms with E-state index in [-0.39, 0.29) is 124 Å². The summed E-state index contributed by atoms with van der Waals surface area (Å²) in [6, 6.07) is 11.8. The molecule has 0 saturated heterocycles. The van der Waals surface area contributed by atoms with Gasteiger partial charge in [-0.05, 0) is 130 Å². The van der Waals surface area contributed by atoms with E-state index in [2.05, 4.69) is 53.0 Å². The van der Waals surface area contributed by atoms with Crippen molar-refractivity contribution in [2.24, 2.45) is 40.5 Å². The van der Waals surface area contributed by atoms with E-state index in [1.807, 2.05) is 80.5 Å². The summed E-state index contributed by atoms with van der Waals surface area (Å²) < 4.78 is 17.7.